The Morgan fingerprint density at radius 1 is 1.20 bits per heavy atom. The molecule has 0 unspecified atom stereocenters. The zero-order valence-electron chi connectivity index (χ0n) is 17.9. The summed E-state index contributed by atoms with van der Waals surface area (Å²) in [7, 11) is 0. The smallest absolute Gasteiger partial charge is 0.410 e. The minimum Gasteiger partial charge on any atom is -0.444 e. The van der Waals surface area contributed by atoms with Gasteiger partial charge in [-0.15, -0.1) is 17.3 Å². The molecule has 1 amide bonds. The van der Waals surface area contributed by atoms with Gasteiger partial charge in [0.05, 0.1) is 11.7 Å². The Labute approximate surface area is 181 Å². The number of thiazole rings is 1. The second-order valence-electron chi connectivity index (χ2n) is 8.46. The zero-order valence-corrected chi connectivity index (χ0v) is 18.7. The molecule has 1 aliphatic rings. The summed E-state index contributed by atoms with van der Waals surface area (Å²) in [6.07, 6.45) is 1.57. The minimum absolute atomic E-state index is 0.0639. The molecule has 0 bridgehead atoms. The van der Waals surface area contributed by atoms with Crippen LogP contribution in [0.1, 0.15) is 56.5 Å². The number of nitrogens with zero attached hydrogens (tertiary/aromatic N) is 2. The van der Waals surface area contributed by atoms with Crippen molar-refractivity contribution in [3.63, 3.8) is 0 Å². The molecule has 1 atom stereocenters. The number of aromatic nitrogens is 1. The maximum Gasteiger partial charge on any atom is 0.410 e. The fourth-order valence-corrected chi connectivity index (χ4v) is 4.99. The van der Waals surface area contributed by atoms with Crippen molar-refractivity contribution in [3.05, 3.63) is 52.3 Å². The lowest BCUT2D eigenvalue weighted by molar-refractivity contribution is 0.0224. The maximum absolute atomic E-state index is 12.8. The molecule has 3 aromatic rings. The van der Waals surface area contributed by atoms with Gasteiger partial charge in [-0.2, -0.15) is 0 Å². The van der Waals surface area contributed by atoms with Gasteiger partial charge in [0.1, 0.15) is 15.5 Å². The van der Waals surface area contributed by atoms with Crippen LogP contribution in [0.5, 0.6) is 0 Å². The van der Waals surface area contributed by atoms with E-state index >= 15 is 0 Å². The van der Waals surface area contributed by atoms with Gasteiger partial charge in [0.25, 0.3) is 0 Å². The Morgan fingerprint density at radius 2 is 1.97 bits per heavy atom. The molecule has 0 N–H and O–H groups in total. The Bertz CT molecular complexity index is 1140. The largest absolute Gasteiger partial charge is 0.444 e. The number of fused-ring (bicyclic) bond motifs is 1. The van der Waals surface area contributed by atoms with Crippen molar-refractivity contribution in [1.29, 1.82) is 0 Å². The molecule has 0 saturated carbocycles. The van der Waals surface area contributed by atoms with Gasteiger partial charge < -0.3 is 4.74 Å². The van der Waals surface area contributed by atoms with Gasteiger partial charge in [-0.3, -0.25) is 4.90 Å². The number of rotatable bonds is 2. The lowest BCUT2D eigenvalue weighted by Gasteiger charge is -2.27. The second-order valence-corrected chi connectivity index (χ2v) is 9.49. The summed E-state index contributed by atoms with van der Waals surface area (Å²) in [6.45, 7) is 8.22. The molecule has 5 heteroatoms. The lowest BCUT2D eigenvalue weighted by Crippen LogP contribution is -2.36. The topological polar surface area (TPSA) is 42.4 Å². The van der Waals surface area contributed by atoms with Crippen LogP contribution >= 0.6 is 11.3 Å². The van der Waals surface area contributed by atoms with E-state index in [2.05, 4.69) is 42.2 Å². The molecule has 1 aliphatic heterocycles. The average Bonchev–Trinajstić information content (AvgIpc) is 3.33. The first-order chi connectivity index (χ1) is 14.4. The van der Waals surface area contributed by atoms with E-state index in [1.54, 1.807) is 11.3 Å². The monoisotopic (exact) mass is 418 g/mol. The molecule has 30 heavy (non-hydrogen) atoms. The van der Waals surface area contributed by atoms with Crippen molar-refractivity contribution >= 4 is 28.2 Å². The lowest BCUT2D eigenvalue weighted by atomic mass is 10.0. The highest BCUT2D eigenvalue weighted by atomic mass is 32.1. The predicted molar refractivity (Wildman–Crippen MR) is 123 cm³/mol. The third-order valence-corrected chi connectivity index (χ3v) is 6.16. The first-order valence-corrected chi connectivity index (χ1v) is 11.1. The summed E-state index contributed by atoms with van der Waals surface area (Å²) in [5.41, 5.74) is 1.47. The molecule has 4 rings (SSSR count). The van der Waals surface area contributed by atoms with Crippen molar-refractivity contribution in [1.82, 2.24) is 9.88 Å². The van der Waals surface area contributed by atoms with Gasteiger partial charge in [-0.05, 0) is 51.3 Å². The van der Waals surface area contributed by atoms with E-state index in [-0.39, 0.29) is 12.1 Å². The quantitative estimate of drug-likeness (QED) is 0.452. The number of likely N-dealkylation sites (tertiary alicyclic amines) is 1. The van der Waals surface area contributed by atoms with Gasteiger partial charge in [-0.1, -0.05) is 48.4 Å². The fraction of sp³-hybridized carbons (Fsp3) is 0.360. The van der Waals surface area contributed by atoms with E-state index in [0.29, 0.717) is 6.54 Å². The van der Waals surface area contributed by atoms with Crippen LogP contribution in [0.4, 0.5) is 4.79 Å². The first kappa shape index (κ1) is 20.4. The number of hydrogen-bond acceptors (Lipinski definition) is 4. The van der Waals surface area contributed by atoms with Crippen LogP contribution in [0.25, 0.3) is 22.0 Å². The Balaban J connectivity index is 1.76. The van der Waals surface area contributed by atoms with Crippen molar-refractivity contribution in [3.8, 4) is 23.1 Å². The summed E-state index contributed by atoms with van der Waals surface area (Å²) in [5.74, 6) is 6.26. The van der Waals surface area contributed by atoms with Crippen molar-refractivity contribution < 1.29 is 9.53 Å². The fourth-order valence-electron chi connectivity index (χ4n) is 3.85. The molecule has 1 aromatic heterocycles. The van der Waals surface area contributed by atoms with E-state index in [0.717, 1.165) is 39.4 Å². The Kier molecular flexibility index (Phi) is 5.53. The highest BCUT2D eigenvalue weighted by molar-refractivity contribution is 7.12. The van der Waals surface area contributed by atoms with E-state index < -0.39 is 5.60 Å². The highest BCUT2D eigenvalue weighted by Crippen LogP contribution is 2.40. The minimum atomic E-state index is -0.514. The van der Waals surface area contributed by atoms with Gasteiger partial charge in [0.15, 0.2) is 0 Å². The van der Waals surface area contributed by atoms with Crippen molar-refractivity contribution in [2.45, 2.75) is 52.2 Å². The molecule has 0 aliphatic carbocycles. The van der Waals surface area contributed by atoms with Crippen LogP contribution in [0.15, 0.2) is 42.5 Å². The van der Waals surface area contributed by atoms with Crippen molar-refractivity contribution in [2.75, 3.05) is 6.54 Å². The Hall–Kier alpha value is -2.84. The average molecular weight is 419 g/mol. The number of ether oxygens (including phenoxy) is 1. The normalized spacial score (nSPS) is 16.4. The standard InChI is InChI=1S/C25H26N2O2S/c1-5-10-21-22(19-14-8-12-17-11-6-7-13-18(17)19)26-23(30-21)20-15-9-16-27(20)24(28)29-25(2,3)4/h6-8,11-14,20H,9,15-16H2,1-4H3/t20-/m0/s1. The highest BCUT2D eigenvalue weighted by Gasteiger charge is 2.35. The van der Waals surface area contributed by atoms with Crippen LogP contribution in [0.3, 0.4) is 0 Å². The van der Waals surface area contributed by atoms with Crippen LogP contribution < -0.4 is 0 Å². The second kappa shape index (κ2) is 8.12. The molecule has 154 valence electrons. The van der Waals surface area contributed by atoms with E-state index in [1.165, 1.54) is 5.39 Å². The van der Waals surface area contributed by atoms with Crippen molar-refractivity contribution in [2.24, 2.45) is 0 Å². The third kappa shape index (κ3) is 4.06. The molecule has 1 saturated heterocycles. The zero-order chi connectivity index (χ0) is 21.3. The SMILES string of the molecule is CC#Cc1sc([C@@H]2CCCN2C(=O)OC(C)(C)C)nc1-c1cccc2ccccc12. The van der Waals surface area contributed by atoms with E-state index in [1.807, 2.05) is 44.7 Å². The van der Waals surface area contributed by atoms with E-state index in [9.17, 15) is 4.79 Å². The molecule has 2 heterocycles. The van der Waals surface area contributed by atoms with Gasteiger partial charge >= 0.3 is 6.09 Å². The predicted octanol–water partition coefficient (Wildman–Crippen LogP) is 6.41. The summed E-state index contributed by atoms with van der Waals surface area (Å²) in [4.78, 5) is 20.6. The van der Waals surface area contributed by atoms with Crippen LogP contribution in [0, 0.1) is 11.8 Å². The molecule has 4 nitrogen and oxygen atoms in total. The van der Waals surface area contributed by atoms with Crippen LogP contribution in [0.2, 0.25) is 0 Å². The van der Waals surface area contributed by atoms with Crippen LogP contribution in [-0.2, 0) is 4.74 Å². The molecular weight excluding hydrogens is 392 g/mol. The number of benzene rings is 2. The molecule has 2 aromatic carbocycles. The summed E-state index contributed by atoms with van der Waals surface area (Å²) < 4.78 is 5.64. The first-order valence-electron chi connectivity index (χ1n) is 10.3. The number of carbonyl (C=O) groups is 1. The van der Waals surface area contributed by atoms with Crippen LogP contribution in [-0.4, -0.2) is 28.1 Å². The number of carbonyl (C=O) groups excluding carboxylic acids is 1. The third-order valence-electron chi connectivity index (χ3n) is 5.09. The molecule has 1 fully saturated rings. The summed E-state index contributed by atoms with van der Waals surface area (Å²) in [6, 6.07) is 14.5. The maximum atomic E-state index is 12.8. The Morgan fingerprint density at radius 3 is 2.73 bits per heavy atom. The summed E-state index contributed by atoms with van der Waals surface area (Å²) >= 11 is 1.59. The number of hydrogen-bond donors (Lipinski definition) is 0. The molecule has 0 radical (unpaired) electrons. The summed E-state index contributed by atoms with van der Waals surface area (Å²) in [5, 5.41) is 3.27. The molecule has 0 spiro atoms. The van der Waals surface area contributed by atoms with Gasteiger partial charge in [-0.25, -0.2) is 9.78 Å². The van der Waals surface area contributed by atoms with Gasteiger partial charge in [0.2, 0.25) is 0 Å². The van der Waals surface area contributed by atoms with E-state index in [4.69, 9.17) is 9.72 Å². The number of amides is 1. The molecular formula is C25H26N2O2S. The van der Waals surface area contributed by atoms with Gasteiger partial charge in [0, 0.05) is 12.1 Å².